The number of ether oxygens (including phenoxy) is 1. The average molecular weight is 268 g/mol. The molecule has 1 heterocycles. The van der Waals surface area contributed by atoms with E-state index >= 15 is 0 Å². The molecule has 19 heavy (non-hydrogen) atoms. The Balaban J connectivity index is 1.49. The largest absolute Gasteiger partial charge is 0.378 e. The van der Waals surface area contributed by atoms with Crippen molar-refractivity contribution in [3.63, 3.8) is 0 Å². The van der Waals surface area contributed by atoms with Crippen molar-refractivity contribution in [1.29, 1.82) is 0 Å². The first kappa shape index (κ1) is 14.8. The van der Waals surface area contributed by atoms with Crippen molar-refractivity contribution >= 4 is 5.91 Å². The molecule has 1 saturated heterocycles. The second-order valence-corrected chi connectivity index (χ2v) is 6.16. The van der Waals surface area contributed by atoms with Gasteiger partial charge >= 0.3 is 0 Å². The molecule has 4 heteroatoms. The Morgan fingerprint density at radius 2 is 2.05 bits per heavy atom. The van der Waals surface area contributed by atoms with E-state index in [1.165, 1.54) is 19.3 Å². The molecule has 2 rings (SSSR count). The minimum Gasteiger partial charge on any atom is -0.378 e. The molecule has 2 unspecified atom stereocenters. The number of amides is 1. The molecular formula is C15H28N2O2. The summed E-state index contributed by atoms with van der Waals surface area (Å²) in [4.78, 5) is 11.7. The Morgan fingerprint density at radius 1 is 1.26 bits per heavy atom. The number of carbonyl (C=O) groups excluding carboxylic acids is 1. The number of piperidine rings is 1. The molecule has 110 valence electrons. The Kier molecular flexibility index (Phi) is 6.11. The van der Waals surface area contributed by atoms with Crippen LogP contribution in [0.25, 0.3) is 0 Å². The van der Waals surface area contributed by atoms with E-state index in [0.29, 0.717) is 25.0 Å². The fraction of sp³-hybridized carbons (Fsp3) is 0.933. The van der Waals surface area contributed by atoms with Crippen LogP contribution in [0, 0.1) is 11.8 Å². The molecule has 0 bridgehead atoms. The van der Waals surface area contributed by atoms with Crippen LogP contribution in [0.4, 0.5) is 0 Å². The summed E-state index contributed by atoms with van der Waals surface area (Å²) in [6, 6.07) is 0. The standard InChI is InChI=1S/C15H28N2O2/c1-12-2-3-13(10-12)11-17-15(18)6-9-19-14-4-7-16-8-5-14/h12-14,16H,2-11H2,1H3,(H,17,18). The van der Waals surface area contributed by atoms with Crippen LogP contribution < -0.4 is 10.6 Å². The summed E-state index contributed by atoms with van der Waals surface area (Å²) in [7, 11) is 0. The third kappa shape index (κ3) is 5.49. The van der Waals surface area contributed by atoms with Crippen molar-refractivity contribution in [2.75, 3.05) is 26.2 Å². The SMILES string of the molecule is CC1CCC(CNC(=O)CCOC2CCNCC2)C1. The lowest BCUT2D eigenvalue weighted by Gasteiger charge is -2.22. The van der Waals surface area contributed by atoms with Gasteiger partial charge in [0.25, 0.3) is 0 Å². The summed E-state index contributed by atoms with van der Waals surface area (Å²) in [6.45, 7) is 5.80. The van der Waals surface area contributed by atoms with Crippen molar-refractivity contribution < 1.29 is 9.53 Å². The normalized spacial score (nSPS) is 28.5. The van der Waals surface area contributed by atoms with Crippen molar-refractivity contribution in [2.24, 2.45) is 11.8 Å². The van der Waals surface area contributed by atoms with Gasteiger partial charge in [-0.2, -0.15) is 0 Å². The average Bonchev–Trinajstić information content (AvgIpc) is 2.83. The van der Waals surface area contributed by atoms with Crippen molar-refractivity contribution in [2.45, 2.75) is 51.6 Å². The highest BCUT2D eigenvalue weighted by atomic mass is 16.5. The van der Waals surface area contributed by atoms with Crippen molar-refractivity contribution in [3.05, 3.63) is 0 Å². The molecule has 0 aromatic carbocycles. The van der Waals surface area contributed by atoms with Crippen LogP contribution in [0.5, 0.6) is 0 Å². The number of nitrogens with one attached hydrogen (secondary N) is 2. The lowest BCUT2D eigenvalue weighted by Crippen LogP contribution is -2.34. The zero-order valence-corrected chi connectivity index (χ0v) is 12.1. The van der Waals surface area contributed by atoms with Gasteiger partial charge in [0.1, 0.15) is 0 Å². The molecular weight excluding hydrogens is 240 g/mol. The van der Waals surface area contributed by atoms with Gasteiger partial charge in [-0.3, -0.25) is 4.79 Å². The van der Waals surface area contributed by atoms with Gasteiger partial charge in [0.05, 0.1) is 12.7 Å². The zero-order valence-electron chi connectivity index (χ0n) is 12.1. The maximum Gasteiger partial charge on any atom is 0.222 e. The van der Waals surface area contributed by atoms with E-state index in [1.807, 2.05) is 0 Å². The number of hydrogen-bond donors (Lipinski definition) is 2. The van der Waals surface area contributed by atoms with Crippen LogP contribution in [0.3, 0.4) is 0 Å². The summed E-state index contributed by atoms with van der Waals surface area (Å²) in [6.07, 6.45) is 6.86. The maximum atomic E-state index is 11.7. The molecule has 2 aliphatic rings. The van der Waals surface area contributed by atoms with Gasteiger partial charge in [-0.15, -0.1) is 0 Å². The van der Waals surface area contributed by atoms with Gasteiger partial charge < -0.3 is 15.4 Å². The van der Waals surface area contributed by atoms with Crippen LogP contribution in [0.2, 0.25) is 0 Å². The molecule has 0 radical (unpaired) electrons. The van der Waals surface area contributed by atoms with Gasteiger partial charge in [-0.25, -0.2) is 0 Å². The molecule has 1 amide bonds. The first-order valence-electron chi connectivity index (χ1n) is 7.83. The van der Waals surface area contributed by atoms with Crippen LogP contribution in [-0.2, 0) is 9.53 Å². The van der Waals surface area contributed by atoms with Crippen LogP contribution >= 0.6 is 0 Å². The second kappa shape index (κ2) is 7.85. The van der Waals surface area contributed by atoms with E-state index in [-0.39, 0.29) is 5.91 Å². The van der Waals surface area contributed by atoms with Gasteiger partial charge in [0.15, 0.2) is 0 Å². The Morgan fingerprint density at radius 3 is 2.74 bits per heavy atom. The zero-order chi connectivity index (χ0) is 13.5. The fourth-order valence-corrected chi connectivity index (χ4v) is 3.14. The third-order valence-electron chi connectivity index (χ3n) is 4.36. The minimum absolute atomic E-state index is 0.147. The smallest absolute Gasteiger partial charge is 0.222 e. The lowest BCUT2D eigenvalue weighted by molar-refractivity contribution is -0.122. The van der Waals surface area contributed by atoms with E-state index in [1.54, 1.807) is 0 Å². The molecule has 0 spiro atoms. The van der Waals surface area contributed by atoms with Crippen LogP contribution in [0.15, 0.2) is 0 Å². The minimum atomic E-state index is 0.147. The molecule has 1 saturated carbocycles. The fourth-order valence-electron chi connectivity index (χ4n) is 3.14. The third-order valence-corrected chi connectivity index (χ3v) is 4.36. The van der Waals surface area contributed by atoms with E-state index in [2.05, 4.69) is 17.6 Å². The highest BCUT2D eigenvalue weighted by molar-refractivity contribution is 5.75. The Bertz CT molecular complexity index is 277. The van der Waals surface area contributed by atoms with Gasteiger partial charge in [-0.05, 0) is 50.6 Å². The maximum absolute atomic E-state index is 11.7. The van der Waals surface area contributed by atoms with Gasteiger partial charge in [0, 0.05) is 13.0 Å². The molecule has 0 aromatic rings. The van der Waals surface area contributed by atoms with Crippen molar-refractivity contribution in [3.8, 4) is 0 Å². The molecule has 4 nitrogen and oxygen atoms in total. The van der Waals surface area contributed by atoms with Gasteiger partial charge in [0.2, 0.25) is 5.91 Å². The second-order valence-electron chi connectivity index (χ2n) is 6.16. The molecule has 2 N–H and O–H groups in total. The summed E-state index contributed by atoms with van der Waals surface area (Å²) in [5.74, 6) is 1.68. The monoisotopic (exact) mass is 268 g/mol. The highest BCUT2D eigenvalue weighted by Crippen LogP contribution is 2.29. The Labute approximate surface area is 116 Å². The summed E-state index contributed by atoms with van der Waals surface area (Å²) in [5, 5.41) is 6.36. The van der Waals surface area contributed by atoms with E-state index in [0.717, 1.165) is 38.4 Å². The van der Waals surface area contributed by atoms with Crippen LogP contribution in [0.1, 0.15) is 45.4 Å². The molecule has 1 aliphatic carbocycles. The topological polar surface area (TPSA) is 50.4 Å². The highest BCUT2D eigenvalue weighted by Gasteiger charge is 2.21. The predicted molar refractivity (Wildman–Crippen MR) is 76.0 cm³/mol. The summed E-state index contributed by atoms with van der Waals surface area (Å²) < 4.78 is 5.74. The van der Waals surface area contributed by atoms with Crippen LogP contribution in [-0.4, -0.2) is 38.3 Å². The predicted octanol–water partition coefficient (Wildman–Crippen LogP) is 1.70. The van der Waals surface area contributed by atoms with E-state index < -0.39 is 0 Å². The van der Waals surface area contributed by atoms with Crippen molar-refractivity contribution in [1.82, 2.24) is 10.6 Å². The summed E-state index contributed by atoms with van der Waals surface area (Å²) >= 11 is 0. The molecule has 2 fully saturated rings. The molecule has 1 aliphatic heterocycles. The summed E-state index contributed by atoms with van der Waals surface area (Å²) in [5.41, 5.74) is 0. The number of rotatable bonds is 6. The first-order chi connectivity index (χ1) is 9.24. The number of hydrogen-bond acceptors (Lipinski definition) is 3. The van der Waals surface area contributed by atoms with E-state index in [4.69, 9.17) is 4.74 Å². The molecule has 0 aromatic heterocycles. The number of carbonyl (C=O) groups is 1. The quantitative estimate of drug-likeness (QED) is 0.771. The van der Waals surface area contributed by atoms with E-state index in [9.17, 15) is 4.79 Å². The Hall–Kier alpha value is -0.610. The first-order valence-corrected chi connectivity index (χ1v) is 7.83. The molecule has 2 atom stereocenters. The van der Waals surface area contributed by atoms with Gasteiger partial charge in [-0.1, -0.05) is 13.3 Å². The lowest BCUT2D eigenvalue weighted by atomic mass is 10.1.